The zero-order valence-corrected chi connectivity index (χ0v) is 11.5. The molecule has 0 bridgehead atoms. The minimum absolute atomic E-state index is 0.125. The van der Waals surface area contributed by atoms with Gasteiger partial charge in [0.25, 0.3) is 0 Å². The third kappa shape index (κ3) is 4.74. The van der Waals surface area contributed by atoms with E-state index in [2.05, 4.69) is 5.32 Å². The number of carboxylic acid groups (broad SMARTS) is 1. The zero-order chi connectivity index (χ0) is 15.5. The van der Waals surface area contributed by atoms with E-state index in [0.29, 0.717) is 6.42 Å². The molecule has 6 heteroatoms. The van der Waals surface area contributed by atoms with Gasteiger partial charge in [0.05, 0.1) is 5.56 Å². The number of halogens is 3. The average Bonchev–Trinajstić information content (AvgIpc) is 2.38. The van der Waals surface area contributed by atoms with Gasteiger partial charge in [-0.15, -0.1) is 0 Å². The molecule has 0 unspecified atom stereocenters. The van der Waals surface area contributed by atoms with E-state index < -0.39 is 17.7 Å². The Morgan fingerprint density at radius 2 is 1.95 bits per heavy atom. The zero-order valence-electron chi connectivity index (χ0n) is 11.5. The van der Waals surface area contributed by atoms with Crippen molar-refractivity contribution in [3.63, 3.8) is 0 Å². The minimum Gasteiger partial charge on any atom is -0.481 e. The summed E-state index contributed by atoms with van der Waals surface area (Å²) in [6.07, 6.45) is -1.96. The van der Waals surface area contributed by atoms with Gasteiger partial charge in [-0.1, -0.05) is 12.1 Å². The first kappa shape index (κ1) is 15.8. The Morgan fingerprint density at radius 3 is 2.52 bits per heavy atom. The number of piperidine rings is 1. The van der Waals surface area contributed by atoms with E-state index in [1.54, 1.807) is 0 Å². The smallest absolute Gasteiger partial charge is 0.416 e. The number of nitrogens with one attached hydrogen (secondary N) is 1. The maximum absolute atomic E-state index is 12.5. The second-order valence-corrected chi connectivity index (χ2v) is 5.54. The van der Waals surface area contributed by atoms with Crippen molar-refractivity contribution < 1.29 is 23.1 Å². The summed E-state index contributed by atoms with van der Waals surface area (Å²) in [6, 6.07) is 5.29. The molecule has 0 amide bonds. The first-order valence-electron chi connectivity index (χ1n) is 6.96. The van der Waals surface area contributed by atoms with Crippen molar-refractivity contribution in [3.8, 4) is 0 Å². The molecule has 1 fully saturated rings. The molecule has 0 radical (unpaired) electrons. The molecule has 116 valence electrons. The Kier molecular flexibility index (Phi) is 4.88. The van der Waals surface area contributed by atoms with Crippen molar-refractivity contribution in [2.45, 2.75) is 37.9 Å². The summed E-state index contributed by atoms with van der Waals surface area (Å²) in [7, 11) is 0. The van der Waals surface area contributed by atoms with Gasteiger partial charge in [0.1, 0.15) is 0 Å². The van der Waals surface area contributed by atoms with Gasteiger partial charge in [0.2, 0.25) is 0 Å². The average molecular weight is 301 g/mol. The molecule has 1 aromatic carbocycles. The van der Waals surface area contributed by atoms with Gasteiger partial charge in [-0.05, 0) is 49.4 Å². The van der Waals surface area contributed by atoms with E-state index in [4.69, 9.17) is 5.11 Å². The highest BCUT2D eigenvalue weighted by atomic mass is 19.4. The molecule has 1 aliphatic rings. The van der Waals surface area contributed by atoms with Crippen molar-refractivity contribution in [1.82, 2.24) is 5.32 Å². The monoisotopic (exact) mass is 301 g/mol. The van der Waals surface area contributed by atoms with Crippen LogP contribution in [0, 0.1) is 5.92 Å². The summed E-state index contributed by atoms with van der Waals surface area (Å²) < 4.78 is 37.4. The number of alkyl halides is 3. The Bertz CT molecular complexity index is 485. The van der Waals surface area contributed by atoms with E-state index in [9.17, 15) is 18.0 Å². The molecule has 2 rings (SSSR count). The predicted octanol–water partition coefficient (Wildman–Crippen LogP) is 3.09. The molecule has 0 spiro atoms. The van der Waals surface area contributed by atoms with Crippen LogP contribution in [-0.2, 0) is 17.4 Å². The maximum atomic E-state index is 12.5. The molecular formula is C15H18F3NO2. The highest BCUT2D eigenvalue weighted by molar-refractivity contribution is 5.67. The van der Waals surface area contributed by atoms with Gasteiger partial charge in [-0.3, -0.25) is 4.79 Å². The molecule has 1 aromatic rings. The number of carboxylic acids is 1. The Hall–Kier alpha value is -1.56. The molecule has 2 N–H and O–H groups in total. The summed E-state index contributed by atoms with van der Waals surface area (Å²) in [4.78, 5) is 10.7. The van der Waals surface area contributed by atoms with E-state index in [0.717, 1.165) is 37.1 Å². The molecule has 21 heavy (non-hydrogen) atoms. The van der Waals surface area contributed by atoms with Crippen molar-refractivity contribution in [2.75, 3.05) is 6.54 Å². The van der Waals surface area contributed by atoms with Crippen LogP contribution in [-0.4, -0.2) is 23.7 Å². The van der Waals surface area contributed by atoms with Crippen LogP contribution in [0.4, 0.5) is 13.2 Å². The van der Waals surface area contributed by atoms with Gasteiger partial charge in [-0.2, -0.15) is 13.2 Å². The molecule has 1 aliphatic heterocycles. The Balaban J connectivity index is 1.93. The van der Waals surface area contributed by atoms with Crippen LogP contribution in [0.5, 0.6) is 0 Å². The Morgan fingerprint density at radius 1 is 1.29 bits per heavy atom. The van der Waals surface area contributed by atoms with Crippen molar-refractivity contribution in [1.29, 1.82) is 0 Å². The van der Waals surface area contributed by atoms with Crippen LogP contribution in [0.2, 0.25) is 0 Å². The quantitative estimate of drug-likeness (QED) is 0.898. The fourth-order valence-corrected chi connectivity index (χ4v) is 2.80. The van der Waals surface area contributed by atoms with E-state index in [1.165, 1.54) is 12.1 Å². The van der Waals surface area contributed by atoms with Gasteiger partial charge in [0.15, 0.2) is 0 Å². The second-order valence-electron chi connectivity index (χ2n) is 5.54. The maximum Gasteiger partial charge on any atom is 0.416 e. The fraction of sp³-hybridized carbons (Fsp3) is 0.533. The summed E-state index contributed by atoms with van der Waals surface area (Å²) in [5.41, 5.74) is 0.183. The first-order chi connectivity index (χ1) is 9.84. The van der Waals surface area contributed by atoms with Gasteiger partial charge in [0, 0.05) is 12.5 Å². The van der Waals surface area contributed by atoms with Gasteiger partial charge < -0.3 is 10.4 Å². The second kappa shape index (κ2) is 6.47. The highest BCUT2D eigenvalue weighted by Crippen LogP contribution is 2.29. The molecule has 2 atom stereocenters. The first-order valence-corrected chi connectivity index (χ1v) is 6.96. The Labute approximate surface area is 121 Å². The lowest BCUT2D eigenvalue weighted by Crippen LogP contribution is -2.40. The molecule has 1 saturated heterocycles. The van der Waals surface area contributed by atoms with Gasteiger partial charge >= 0.3 is 12.1 Å². The molecular weight excluding hydrogens is 283 g/mol. The highest BCUT2D eigenvalue weighted by Gasteiger charge is 2.30. The van der Waals surface area contributed by atoms with Crippen LogP contribution in [0.25, 0.3) is 0 Å². The standard InChI is InChI=1S/C15H18F3NO2/c16-15(17,18)12-3-1-10(2-4-12)7-13-8-11(5-6-19-13)9-14(20)21/h1-4,11,13,19H,5-9H2,(H,20,21)/t11-,13-/m0/s1. The number of rotatable bonds is 4. The van der Waals surface area contributed by atoms with Crippen molar-refractivity contribution in [2.24, 2.45) is 5.92 Å². The third-order valence-corrected chi connectivity index (χ3v) is 3.83. The van der Waals surface area contributed by atoms with E-state index >= 15 is 0 Å². The topological polar surface area (TPSA) is 49.3 Å². The van der Waals surface area contributed by atoms with Crippen molar-refractivity contribution >= 4 is 5.97 Å². The summed E-state index contributed by atoms with van der Waals surface area (Å²) >= 11 is 0. The molecule has 0 aromatic heterocycles. The van der Waals surface area contributed by atoms with E-state index in [-0.39, 0.29) is 18.4 Å². The van der Waals surface area contributed by atoms with Crippen LogP contribution >= 0.6 is 0 Å². The molecule has 0 saturated carbocycles. The largest absolute Gasteiger partial charge is 0.481 e. The fourth-order valence-electron chi connectivity index (χ4n) is 2.80. The number of hydrogen-bond donors (Lipinski definition) is 2. The summed E-state index contributed by atoms with van der Waals surface area (Å²) in [5.74, 6) is -0.654. The summed E-state index contributed by atoms with van der Waals surface area (Å²) in [5, 5.41) is 12.1. The van der Waals surface area contributed by atoms with Crippen LogP contribution in [0.15, 0.2) is 24.3 Å². The van der Waals surface area contributed by atoms with Crippen LogP contribution in [0.1, 0.15) is 30.4 Å². The van der Waals surface area contributed by atoms with Crippen molar-refractivity contribution in [3.05, 3.63) is 35.4 Å². The number of benzene rings is 1. The van der Waals surface area contributed by atoms with Crippen LogP contribution in [0.3, 0.4) is 0 Å². The lowest BCUT2D eigenvalue weighted by molar-refractivity contribution is -0.139. The molecule has 3 nitrogen and oxygen atoms in total. The summed E-state index contributed by atoms with van der Waals surface area (Å²) in [6.45, 7) is 0.753. The number of carbonyl (C=O) groups is 1. The lowest BCUT2D eigenvalue weighted by Gasteiger charge is -2.29. The molecule has 0 aliphatic carbocycles. The minimum atomic E-state index is -4.31. The predicted molar refractivity (Wildman–Crippen MR) is 71.9 cm³/mol. The third-order valence-electron chi connectivity index (χ3n) is 3.83. The number of aliphatic carboxylic acids is 1. The number of hydrogen-bond acceptors (Lipinski definition) is 2. The lowest BCUT2D eigenvalue weighted by atomic mass is 9.87. The van der Waals surface area contributed by atoms with E-state index in [1.807, 2.05) is 0 Å². The normalized spacial score (nSPS) is 23.0. The van der Waals surface area contributed by atoms with Crippen LogP contribution < -0.4 is 5.32 Å². The SMILES string of the molecule is O=C(O)C[C@H]1CCN[C@@H](Cc2ccc(C(F)(F)F)cc2)C1. The van der Waals surface area contributed by atoms with Gasteiger partial charge in [-0.25, -0.2) is 0 Å². The molecule has 1 heterocycles.